The Morgan fingerprint density at radius 3 is 3.09 bits per heavy atom. The van der Waals surface area contributed by atoms with Crippen molar-refractivity contribution >= 4 is 22.6 Å². The third-order valence-electron chi connectivity index (χ3n) is 3.76. The quantitative estimate of drug-likeness (QED) is 0.766. The number of aromatic nitrogens is 5. The maximum atomic E-state index is 11.5. The molecule has 0 unspecified atom stereocenters. The zero-order chi connectivity index (χ0) is 16.4. The van der Waals surface area contributed by atoms with E-state index in [9.17, 15) is 4.79 Å². The fraction of sp³-hybridized carbons (Fsp3) is 0.643. The van der Waals surface area contributed by atoms with Crippen LogP contribution >= 0.6 is 11.5 Å². The molecule has 0 N–H and O–H groups in total. The lowest BCUT2D eigenvalue weighted by Gasteiger charge is -2.14. The number of rotatable bonds is 5. The van der Waals surface area contributed by atoms with Crippen LogP contribution in [0.1, 0.15) is 42.6 Å². The van der Waals surface area contributed by atoms with Crippen molar-refractivity contribution in [1.29, 1.82) is 0 Å². The van der Waals surface area contributed by atoms with Gasteiger partial charge < -0.3 is 9.64 Å². The number of nitrogens with zero attached hydrogens (tertiary/aromatic N) is 6. The van der Waals surface area contributed by atoms with Crippen LogP contribution < -0.4 is 4.90 Å². The molecule has 0 spiro atoms. The fourth-order valence-corrected chi connectivity index (χ4v) is 3.34. The van der Waals surface area contributed by atoms with E-state index < -0.39 is 5.97 Å². The molecule has 8 nitrogen and oxygen atoms in total. The Hall–Kier alpha value is -2.03. The smallest absolute Gasteiger partial charge is 0.360 e. The summed E-state index contributed by atoms with van der Waals surface area (Å²) in [6.07, 6.45) is 3.48. The van der Waals surface area contributed by atoms with Crippen molar-refractivity contribution in [2.24, 2.45) is 5.92 Å². The standard InChI is InChI=1S/C14H20N6O2S/c1-9(2)6-12-15-14(23-17-12)19-5-4-10(7-19)20-8-11(16-18-20)13(21)22-3/h8-10H,4-7H2,1-3H3/t10-/m0/s1. The normalized spacial score (nSPS) is 17.9. The average Bonchev–Trinajstić information content (AvgIpc) is 3.24. The molecule has 1 fully saturated rings. The lowest BCUT2D eigenvalue weighted by Crippen LogP contribution is -2.21. The highest BCUT2D eigenvalue weighted by molar-refractivity contribution is 7.09. The van der Waals surface area contributed by atoms with Crippen LogP contribution in [0.4, 0.5) is 5.13 Å². The van der Waals surface area contributed by atoms with Gasteiger partial charge in [-0.2, -0.15) is 4.37 Å². The van der Waals surface area contributed by atoms with Crippen LogP contribution in [0.2, 0.25) is 0 Å². The lowest BCUT2D eigenvalue weighted by atomic mass is 10.1. The molecule has 0 radical (unpaired) electrons. The van der Waals surface area contributed by atoms with Crippen molar-refractivity contribution in [3.8, 4) is 0 Å². The molecule has 3 heterocycles. The van der Waals surface area contributed by atoms with E-state index in [2.05, 4.69) is 43.2 Å². The number of methoxy groups -OCH3 is 1. The summed E-state index contributed by atoms with van der Waals surface area (Å²) in [5.74, 6) is 1.00. The largest absolute Gasteiger partial charge is 0.464 e. The number of hydrogen-bond donors (Lipinski definition) is 0. The first-order chi connectivity index (χ1) is 11.1. The molecule has 3 rings (SSSR count). The number of esters is 1. The van der Waals surface area contributed by atoms with Gasteiger partial charge in [0.15, 0.2) is 5.69 Å². The highest BCUT2D eigenvalue weighted by atomic mass is 32.1. The molecule has 23 heavy (non-hydrogen) atoms. The van der Waals surface area contributed by atoms with Crippen molar-refractivity contribution in [2.45, 2.75) is 32.7 Å². The van der Waals surface area contributed by atoms with Crippen LogP contribution in [0.5, 0.6) is 0 Å². The first-order valence-electron chi connectivity index (χ1n) is 7.64. The van der Waals surface area contributed by atoms with Crippen molar-refractivity contribution in [3.05, 3.63) is 17.7 Å². The predicted octanol–water partition coefficient (Wildman–Crippen LogP) is 1.57. The van der Waals surface area contributed by atoms with E-state index in [0.717, 1.165) is 36.9 Å². The van der Waals surface area contributed by atoms with E-state index in [1.54, 1.807) is 10.9 Å². The molecular formula is C14H20N6O2S. The summed E-state index contributed by atoms with van der Waals surface area (Å²) in [4.78, 5) is 18.3. The summed E-state index contributed by atoms with van der Waals surface area (Å²) < 4.78 is 10.8. The second-order valence-corrected chi connectivity index (χ2v) is 6.79. The number of ether oxygens (including phenoxy) is 1. The first-order valence-corrected chi connectivity index (χ1v) is 8.42. The molecule has 0 aliphatic carbocycles. The van der Waals surface area contributed by atoms with E-state index in [4.69, 9.17) is 0 Å². The molecule has 124 valence electrons. The number of hydrogen-bond acceptors (Lipinski definition) is 8. The summed E-state index contributed by atoms with van der Waals surface area (Å²) in [5, 5.41) is 8.86. The van der Waals surface area contributed by atoms with Crippen LogP contribution in [0, 0.1) is 5.92 Å². The molecule has 1 aliphatic rings. The van der Waals surface area contributed by atoms with Gasteiger partial charge in [0.25, 0.3) is 0 Å². The Balaban J connectivity index is 1.65. The Morgan fingerprint density at radius 2 is 2.35 bits per heavy atom. The van der Waals surface area contributed by atoms with Gasteiger partial charge in [-0.25, -0.2) is 14.5 Å². The van der Waals surface area contributed by atoms with Gasteiger partial charge in [-0.15, -0.1) is 5.10 Å². The Kier molecular flexibility index (Phi) is 4.56. The van der Waals surface area contributed by atoms with Gasteiger partial charge in [-0.3, -0.25) is 0 Å². The minimum absolute atomic E-state index is 0.179. The molecule has 0 amide bonds. The monoisotopic (exact) mass is 336 g/mol. The van der Waals surface area contributed by atoms with E-state index in [1.807, 2.05) is 0 Å². The van der Waals surface area contributed by atoms with Crippen molar-refractivity contribution in [3.63, 3.8) is 0 Å². The van der Waals surface area contributed by atoms with Crippen LogP contribution in [0.3, 0.4) is 0 Å². The third-order valence-corrected chi connectivity index (χ3v) is 4.58. The molecule has 1 atom stereocenters. The summed E-state index contributed by atoms with van der Waals surface area (Å²) in [5.41, 5.74) is 0.237. The maximum absolute atomic E-state index is 11.5. The highest BCUT2D eigenvalue weighted by Gasteiger charge is 2.28. The van der Waals surface area contributed by atoms with Crippen LogP contribution in [0.25, 0.3) is 0 Å². The second-order valence-electron chi connectivity index (χ2n) is 6.06. The molecule has 1 saturated heterocycles. The first kappa shape index (κ1) is 15.9. The molecule has 2 aromatic heterocycles. The topological polar surface area (TPSA) is 86.0 Å². The Labute approximate surface area is 138 Å². The third kappa shape index (κ3) is 3.49. The van der Waals surface area contributed by atoms with Gasteiger partial charge in [-0.05, 0) is 12.3 Å². The van der Waals surface area contributed by atoms with E-state index in [0.29, 0.717) is 5.92 Å². The van der Waals surface area contributed by atoms with E-state index in [1.165, 1.54) is 18.6 Å². The summed E-state index contributed by atoms with van der Waals surface area (Å²) in [7, 11) is 1.34. The summed E-state index contributed by atoms with van der Waals surface area (Å²) in [6.45, 7) is 6.01. The van der Waals surface area contributed by atoms with Gasteiger partial charge in [0.2, 0.25) is 5.13 Å². The summed E-state index contributed by atoms with van der Waals surface area (Å²) >= 11 is 1.45. The zero-order valence-corrected chi connectivity index (χ0v) is 14.3. The molecule has 0 bridgehead atoms. The molecule has 0 saturated carbocycles. The SMILES string of the molecule is COC(=O)c1cn([C@H]2CCN(c3nc(CC(C)C)ns3)C2)nn1. The van der Waals surface area contributed by atoms with Crippen LogP contribution in [-0.2, 0) is 11.2 Å². The van der Waals surface area contributed by atoms with E-state index >= 15 is 0 Å². The lowest BCUT2D eigenvalue weighted by molar-refractivity contribution is 0.0594. The fourth-order valence-electron chi connectivity index (χ4n) is 2.61. The molecular weight excluding hydrogens is 316 g/mol. The maximum Gasteiger partial charge on any atom is 0.360 e. The Bertz CT molecular complexity index is 682. The van der Waals surface area contributed by atoms with Crippen LogP contribution in [-0.4, -0.2) is 50.5 Å². The van der Waals surface area contributed by atoms with Gasteiger partial charge >= 0.3 is 5.97 Å². The Morgan fingerprint density at radius 1 is 1.52 bits per heavy atom. The van der Waals surface area contributed by atoms with E-state index in [-0.39, 0.29) is 11.7 Å². The predicted molar refractivity (Wildman–Crippen MR) is 85.7 cm³/mol. The molecule has 2 aromatic rings. The summed E-state index contributed by atoms with van der Waals surface area (Å²) in [6, 6.07) is 0.179. The number of anilines is 1. The number of carbonyl (C=O) groups is 1. The van der Waals surface area contributed by atoms with Gasteiger partial charge in [0, 0.05) is 31.0 Å². The van der Waals surface area contributed by atoms with Gasteiger partial charge in [0.1, 0.15) is 5.82 Å². The van der Waals surface area contributed by atoms with Crippen molar-refractivity contribution in [1.82, 2.24) is 24.4 Å². The number of carbonyl (C=O) groups excluding carboxylic acids is 1. The highest BCUT2D eigenvalue weighted by Crippen LogP contribution is 2.28. The minimum Gasteiger partial charge on any atom is -0.464 e. The minimum atomic E-state index is -0.464. The van der Waals surface area contributed by atoms with Crippen LogP contribution in [0.15, 0.2) is 6.20 Å². The van der Waals surface area contributed by atoms with Gasteiger partial charge in [-0.1, -0.05) is 19.1 Å². The second kappa shape index (κ2) is 6.61. The van der Waals surface area contributed by atoms with Crippen molar-refractivity contribution in [2.75, 3.05) is 25.1 Å². The molecule has 0 aromatic carbocycles. The molecule has 1 aliphatic heterocycles. The zero-order valence-electron chi connectivity index (χ0n) is 13.5. The van der Waals surface area contributed by atoms with Crippen molar-refractivity contribution < 1.29 is 9.53 Å². The average molecular weight is 336 g/mol. The molecule has 9 heteroatoms. The van der Waals surface area contributed by atoms with Gasteiger partial charge in [0.05, 0.1) is 19.3 Å².